The lowest BCUT2D eigenvalue weighted by atomic mass is 9.80. The molecule has 2 rings (SSSR count). The van der Waals surface area contributed by atoms with Crippen molar-refractivity contribution in [2.75, 3.05) is 32.8 Å². The van der Waals surface area contributed by atoms with E-state index in [1.165, 1.54) is 12.8 Å². The molecule has 106 valence electrons. The number of likely N-dealkylation sites (tertiary alicyclic amines) is 1. The van der Waals surface area contributed by atoms with Crippen molar-refractivity contribution in [3.63, 3.8) is 0 Å². The fourth-order valence-corrected chi connectivity index (χ4v) is 2.87. The van der Waals surface area contributed by atoms with E-state index in [1.54, 1.807) is 0 Å². The van der Waals surface area contributed by atoms with E-state index in [-0.39, 0.29) is 11.9 Å². The Kier molecular flexibility index (Phi) is 4.78. The molecule has 1 atom stereocenters. The fourth-order valence-electron chi connectivity index (χ4n) is 2.87. The Morgan fingerprint density at radius 3 is 2.63 bits per heavy atom. The van der Waals surface area contributed by atoms with Crippen molar-refractivity contribution in [2.45, 2.75) is 38.6 Å². The van der Waals surface area contributed by atoms with Gasteiger partial charge < -0.3 is 15.0 Å². The van der Waals surface area contributed by atoms with Gasteiger partial charge in [-0.15, -0.1) is 0 Å². The van der Waals surface area contributed by atoms with Crippen molar-refractivity contribution < 1.29 is 9.53 Å². The molecule has 0 aromatic rings. The van der Waals surface area contributed by atoms with E-state index in [2.05, 4.69) is 16.3 Å². The molecule has 19 heavy (non-hydrogen) atoms. The van der Waals surface area contributed by atoms with E-state index in [0.717, 1.165) is 19.6 Å². The minimum atomic E-state index is -0.877. The molecule has 1 unspecified atom stereocenters. The number of ether oxygens (including phenoxy) is 1. The van der Waals surface area contributed by atoms with Gasteiger partial charge >= 0.3 is 0 Å². The molecule has 5 heteroatoms. The van der Waals surface area contributed by atoms with Crippen molar-refractivity contribution >= 4 is 5.91 Å². The van der Waals surface area contributed by atoms with E-state index in [9.17, 15) is 10.1 Å². The molecule has 0 bridgehead atoms. The molecule has 0 saturated carbocycles. The summed E-state index contributed by atoms with van der Waals surface area (Å²) in [6.07, 6.45) is 3.51. The number of hydrogen-bond acceptors (Lipinski definition) is 4. The van der Waals surface area contributed by atoms with E-state index in [0.29, 0.717) is 26.1 Å². The van der Waals surface area contributed by atoms with Crippen LogP contribution in [0.2, 0.25) is 0 Å². The van der Waals surface area contributed by atoms with Crippen molar-refractivity contribution in [3.05, 3.63) is 0 Å². The molecule has 2 aliphatic heterocycles. The second-order valence-corrected chi connectivity index (χ2v) is 5.69. The maximum Gasteiger partial charge on any atom is 0.240 e. The van der Waals surface area contributed by atoms with Crippen molar-refractivity contribution in [1.29, 1.82) is 5.26 Å². The van der Waals surface area contributed by atoms with Crippen LogP contribution < -0.4 is 5.32 Å². The molecular weight excluding hydrogens is 242 g/mol. The lowest BCUT2D eigenvalue weighted by Gasteiger charge is -2.31. The van der Waals surface area contributed by atoms with E-state index >= 15 is 0 Å². The quantitative estimate of drug-likeness (QED) is 0.820. The van der Waals surface area contributed by atoms with Crippen LogP contribution in [-0.4, -0.2) is 49.7 Å². The van der Waals surface area contributed by atoms with Gasteiger partial charge in [-0.25, -0.2) is 0 Å². The molecule has 0 radical (unpaired) electrons. The van der Waals surface area contributed by atoms with Crippen LogP contribution in [0.3, 0.4) is 0 Å². The first kappa shape index (κ1) is 14.3. The highest BCUT2D eigenvalue weighted by molar-refractivity contribution is 5.85. The highest BCUT2D eigenvalue weighted by atomic mass is 16.5. The second-order valence-electron chi connectivity index (χ2n) is 5.69. The third-order valence-electron chi connectivity index (χ3n) is 4.10. The van der Waals surface area contributed by atoms with Gasteiger partial charge in [0.15, 0.2) is 0 Å². The lowest BCUT2D eigenvalue weighted by molar-refractivity contribution is -0.133. The van der Waals surface area contributed by atoms with Gasteiger partial charge in [-0.1, -0.05) is 0 Å². The molecule has 2 heterocycles. The molecule has 2 fully saturated rings. The maximum absolute atomic E-state index is 12.3. The zero-order valence-corrected chi connectivity index (χ0v) is 11.7. The zero-order valence-electron chi connectivity index (χ0n) is 11.7. The van der Waals surface area contributed by atoms with Gasteiger partial charge in [0.05, 0.1) is 6.07 Å². The van der Waals surface area contributed by atoms with Crippen LogP contribution in [0, 0.1) is 16.7 Å². The molecule has 2 saturated heterocycles. The lowest BCUT2D eigenvalue weighted by Crippen LogP contribution is -2.49. The standard InChI is InChI=1S/C14H23N3O2/c1-12(10-17-6-2-3-7-17)16-13(18)14(11-15)4-8-19-9-5-14/h12H,2-10H2,1H3,(H,16,18). The molecule has 1 N–H and O–H groups in total. The first-order valence-corrected chi connectivity index (χ1v) is 7.19. The highest BCUT2D eigenvalue weighted by Crippen LogP contribution is 2.30. The van der Waals surface area contributed by atoms with Crippen molar-refractivity contribution in [2.24, 2.45) is 5.41 Å². The Bertz CT molecular complexity index is 352. The predicted octanol–water partition coefficient (Wildman–Crippen LogP) is 0.907. The first-order valence-electron chi connectivity index (χ1n) is 7.19. The van der Waals surface area contributed by atoms with Crippen LogP contribution in [0.25, 0.3) is 0 Å². The number of nitrogens with zero attached hydrogens (tertiary/aromatic N) is 2. The predicted molar refractivity (Wildman–Crippen MR) is 71.4 cm³/mol. The fraction of sp³-hybridized carbons (Fsp3) is 0.857. The zero-order chi connectivity index (χ0) is 13.7. The highest BCUT2D eigenvalue weighted by Gasteiger charge is 2.40. The third-order valence-corrected chi connectivity index (χ3v) is 4.10. The average Bonchev–Trinajstić information content (AvgIpc) is 2.92. The molecular formula is C14H23N3O2. The Morgan fingerprint density at radius 2 is 2.05 bits per heavy atom. The molecule has 0 spiro atoms. The average molecular weight is 265 g/mol. The molecule has 0 aromatic heterocycles. The number of rotatable bonds is 4. The smallest absolute Gasteiger partial charge is 0.240 e. The minimum Gasteiger partial charge on any atom is -0.381 e. The number of carbonyl (C=O) groups is 1. The van der Waals surface area contributed by atoms with Crippen molar-refractivity contribution in [1.82, 2.24) is 10.2 Å². The van der Waals surface area contributed by atoms with Gasteiger partial charge in [-0.05, 0) is 45.7 Å². The van der Waals surface area contributed by atoms with Gasteiger partial charge in [-0.3, -0.25) is 4.79 Å². The summed E-state index contributed by atoms with van der Waals surface area (Å²) in [6, 6.07) is 2.31. The Labute approximate surface area is 114 Å². The van der Waals surface area contributed by atoms with Gasteiger partial charge in [0.2, 0.25) is 5.91 Å². The third kappa shape index (κ3) is 3.46. The number of carbonyl (C=O) groups excluding carboxylic acids is 1. The van der Waals surface area contributed by atoms with Crippen LogP contribution in [0.1, 0.15) is 32.6 Å². The van der Waals surface area contributed by atoms with Gasteiger partial charge in [0.1, 0.15) is 5.41 Å². The van der Waals surface area contributed by atoms with Crippen LogP contribution >= 0.6 is 0 Å². The van der Waals surface area contributed by atoms with Crippen molar-refractivity contribution in [3.8, 4) is 6.07 Å². The summed E-state index contributed by atoms with van der Waals surface area (Å²) in [6.45, 7) is 6.14. The minimum absolute atomic E-state index is 0.0960. The molecule has 5 nitrogen and oxygen atoms in total. The van der Waals surface area contributed by atoms with E-state index in [1.807, 2.05) is 6.92 Å². The summed E-state index contributed by atoms with van der Waals surface area (Å²) in [5, 5.41) is 12.3. The normalized spacial score (nSPS) is 24.6. The number of hydrogen-bond donors (Lipinski definition) is 1. The Morgan fingerprint density at radius 1 is 1.42 bits per heavy atom. The van der Waals surface area contributed by atoms with Gasteiger partial charge in [0.25, 0.3) is 0 Å². The van der Waals surface area contributed by atoms with Crippen LogP contribution in [-0.2, 0) is 9.53 Å². The van der Waals surface area contributed by atoms with Gasteiger partial charge in [0, 0.05) is 25.8 Å². The monoisotopic (exact) mass is 265 g/mol. The molecule has 0 aliphatic carbocycles. The largest absolute Gasteiger partial charge is 0.381 e. The Hall–Kier alpha value is -1.12. The summed E-state index contributed by atoms with van der Waals surface area (Å²) >= 11 is 0. The number of nitrogens with one attached hydrogen (secondary N) is 1. The maximum atomic E-state index is 12.3. The Balaban J connectivity index is 1.86. The summed E-state index contributed by atoms with van der Waals surface area (Å²) in [5.74, 6) is -0.120. The molecule has 2 aliphatic rings. The number of amides is 1. The summed E-state index contributed by atoms with van der Waals surface area (Å²) in [5.41, 5.74) is -0.877. The summed E-state index contributed by atoms with van der Waals surface area (Å²) < 4.78 is 5.25. The van der Waals surface area contributed by atoms with Crippen LogP contribution in [0.4, 0.5) is 0 Å². The first-order chi connectivity index (χ1) is 9.16. The summed E-state index contributed by atoms with van der Waals surface area (Å²) in [7, 11) is 0. The second kappa shape index (κ2) is 6.36. The van der Waals surface area contributed by atoms with E-state index in [4.69, 9.17) is 4.74 Å². The summed E-state index contributed by atoms with van der Waals surface area (Å²) in [4.78, 5) is 14.7. The SMILES string of the molecule is CC(CN1CCCC1)NC(=O)C1(C#N)CCOCC1. The van der Waals surface area contributed by atoms with Crippen LogP contribution in [0.5, 0.6) is 0 Å². The van der Waals surface area contributed by atoms with Crippen LogP contribution in [0.15, 0.2) is 0 Å². The number of nitriles is 1. The van der Waals surface area contributed by atoms with Gasteiger partial charge in [-0.2, -0.15) is 5.26 Å². The molecule has 0 aromatic carbocycles. The molecule has 1 amide bonds. The topological polar surface area (TPSA) is 65.4 Å². The van der Waals surface area contributed by atoms with E-state index < -0.39 is 5.41 Å².